The maximum atomic E-state index is 13.7. The van der Waals surface area contributed by atoms with Crippen molar-refractivity contribution in [1.29, 1.82) is 0 Å². The molecule has 1 aromatic carbocycles. The van der Waals surface area contributed by atoms with E-state index in [-0.39, 0.29) is 11.3 Å². The van der Waals surface area contributed by atoms with Crippen molar-refractivity contribution in [2.75, 3.05) is 6.61 Å². The van der Waals surface area contributed by atoms with Crippen LogP contribution in [0.5, 0.6) is 5.75 Å². The first-order valence-electron chi connectivity index (χ1n) is 6.38. The van der Waals surface area contributed by atoms with E-state index >= 15 is 0 Å². The summed E-state index contributed by atoms with van der Waals surface area (Å²) in [7, 11) is 0. The SMILES string of the molecule is CC1CC=CCC1COc1ccc(C(=O)O)cc1F. The Kier molecular flexibility index (Phi) is 4.20. The van der Waals surface area contributed by atoms with Gasteiger partial charge in [0.2, 0.25) is 0 Å². The van der Waals surface area contributed by atoms with Crippen LogP contribution < -0.4 is 4.74 Å². The van der Waals surface area contributed by atoms with E-state index in [1.54, 1.807) is 0 Å². The first kappa shape index (κ1) is 13.6. The maximum Gasteiger partial charge on any atom is 0.335 e. The van der Waals surface area contributed by atoms with Crippen molar-refractivity contribution in [2.45, 2.75) is 19.8 Å². The van der Waals surface area contributed by atoms with Gasteiger partial charge in [0, 0.05) is 0 Å². The number of carboxylic acid groups (broad SMARTS) is 1. The van der Waals surface area contributed by atoms with Gasteiger partial charge in [-0.2, -0.15) is 0 Å². The highest BCUT2D eigenvalue weighted by Crippen LogP contribution is 2.27. The lowest BCUT2D eigenvalue weighted by atomic mass is 9.85. The van der Waals surface area contributed by atoms with Crippen molar-refractivity contribution in [3.63, 3.8) is 0 Å². The van der Waals surface area contributed by atoms with Crippen LogP contribution in [0.3, 0.4) is 0 Å². The molecule has 0 fully saturated rings. The van der Waals surface area contributed by atoms with Gasteiger partial charge < -0.3 is 9.84 Å². The summed E-state index contributed by atoms with van der Waals surface area (Å²) in [6.45, 7) is 2.61. The molecule has 1 aromatic rings. The van der Waals surface area contributed by atoms with Crippen molar-refractivity contribution in [3.05, 3.63) is 41.7 Å². The summed E-state index contributed by atoms with van der Waals surface area (Å²) in [6, 6.07) is 3.72. The lowest BCUT2D eigenvalue weighted by Crippen LogP contribution is -2.21. The highest BCUT2D eigenvalue weighted by molar-refractivity contribution is 5.87. The van der Waals surface area contributed by atoms with Crippen molar-refractivity contribution < 1.29 is 19.0 Å². The van der Waals surface area contributed by atoms with E-state index in [0.29, 0.717) is 18.4 Å². The van der Waals surface area contributed by atoms with Crippen molar-refractivity contribution in [1.82, 2.24) is 0 Å². The zero-order valence-electron chi connectivity index (χ0n) is 10.8. The van der Waals surface area contributed by atoms with Crippen molar-refractivity contribution >= 4 is 5.97 Å². The predicted octanol–water partition coefficient (Wildman–Crippen LogP) is 3.51. The summed E-state index contributed by atoms with van der Waals surface area (Å²) >= 11 is 0. The average molecular weight is 264 g/mol. The molecular weight excluding hydrogens is 247 g/mol. The Labute approximate surface area is 111 Å². The van der Waals surface area contributed by atoms with Gasteiger partial charge in [-0.25, -0.2) is 9.18 Å². The second-order valence-electron chi connectivity index (χ2n) is 4.94. The molecule has 0 saturated carbocycles. The van der Waals surface area contributed by atoms with Gasteiger partial charge in [-0.1, -0.05) is 19.1 Å². The number of benzene rings is 1. The van der Waals surface area contributed by atoms with Crippen LogP contribution in [0.1, 0.15) is 30.1 Å². The summed E-state index contributed by atoms with van der Waals surface area (Å²) in [5.41, 5.74) is -0.0705. The van der Waals surface area contributed by atoms with Gasteiger partial charge in [0.05, 0.1) is 12.2 Å². The first-order valence-corrected chi connectivity index (χ1v) is 6.38. The Morgan fingerprint density at radius 3 is 2.79 bits per heavy atom. The molecule has 0 radical (unpaired) electrons. The van der Waals surface area contributed by atoms with Gasteiger partial charge in [-0.05, 0) is 42.9 Å². The third kappa shape index (κ3) is 3.34. The molecule has 2 atom stereocenters. The fraction of sp³-hybridized carbons (Fsp3) is 0.400. The predicted molar refractivity (Wildman–Crippen MR) is 69.9 cm³/mol. The molecule has 0 heterocycles. The van der Waals surface area contributed by atoms with Crippen molar-refractivity contribution in [2.24, 2.45) is 11.8 Å². The maximum absolute atomic E-state index is 13.7. The van der Waals surface area contributed by atoms with Gasteiger partial charge in [-0.15, -0.1) is 0 Å². The molecule has 1 aliphatic rings. The summed E-state index contributed by atoms with van der Waals surface area (Å²) in [4.78, 5) is 10.7. The van der Waals surface area contributed by atoms with E-state index in [1.165, 1.54) is 12.1 Å². The second kappa shape index (κ2) is 5.87. The molecule has 1 aliphatic carbocycles. The molecule has 2 unspecified atom stereocenters. The van der Waals surface area contributed by atoms with E-state index in [9.17, 15) is 9.18 Å². The van der Waals surface area contributed by atoms with Crippen LogP contribution in [-0.4, -0.2) is 17.7 Å². The van der Waals surface area contributed by atoms with E-state index in [2.05, 4.69) is 19.1 Å². The molecule has 102 valence electrons. The second-order valence-corrected chi connectivity index (χ2v) is 4.94. The van der Waals surface area contributed by atoms with Crippen LogP contribution in [0.4, 0.5) is 4.39 Å². The minimum Gasteiger partial charge on any atom is -0.490 e. The molecule has 4 heteroatoms. The number of hydrogen-bond donors (Lipinski definition) is 1. The van der Waals surface area contributed by atoms with Gasteiger partial charge in [0.15, 0.2) is 11.6 Å². The first-order chi connectivity index (χ1) is 9.08. The van der Waals surface area contributed by atoms with E-state index in [1.807, 2.05) is 0 Å². The van der Waals surface area contributed by atoms with Crippen LogP contribution in [0, 0.1) is 17.7 Å². The quantitative estimate of drug-likeness (QED) is 0.846. The number of carbonyl (C=O) groups is 1. The summed E-state index contributed by atoms with van der Waals surface area (Å²) in [6.07, 6.45) is 6.24. The number of carboxylic acids is 1. The van der Waals surface area contributed by atoms with Gasteiger partial charge in [-0.3, -0.25) is 0 Å². The fourth-order valence-corrected chi connectivity index (χ4v) is 2.19. The van der Waals surface area contributed by atoms with Crippen LogP contribution in [0.2, 0.25) is 0 Å². The summed E-state index contributed by atoms with van der Waals surface area (Å²) < 4.78 is 19.1. The molecule has 0 spiro atoms. The third-order valence-corrected chi connectivity index (χ3v) is 3.55. The number of aromatic carboxylic acids is 1. The Hall–Kier alpha value is -1.84. The highest BCUT2D eigenvalue weighted by atomic mass is 19.1. The van der Waals surface area contributed by atoms with Gasteiger partial charge in [0.25, 0.3) is 0 Å². The molecule has 0 bridgehead atoms. The molecule has 0 aliphatic heterocycles. The molecule has 3 nitrogen and oxygen atoms in total. The smallest absolute Gasteiger partial charge is 0.335 e. The minimum absolute atomic E-state index is 0.0705. The Bertz CT molecular complexity index is 496. The van der Waals surface area contributed by atoms with Crippen LogP contribution in [-0.2, 0) is 0 Å². The molecule has 0 saturated heterocycles. The monoisotopic (exact) mass is 264 g/mol. The summed E-state index contributed by atoms with van der Waals surface area (Å²) in [5.74, 6) is -0.753. The molecular formula is C15H17FO3. The van der Waals surface area contributed by atoms with Crippen molar-refractivity contribution in [3.8, 4) is 5.75 Å². The Balaban J connectivity index is 1.99. The molecule has 0 aromatic heterocycles. The molecule has 0 amide bonds. The van der Waals surface area contributed by atoms with E-state index in [0.717, 1.165) is 18.9 Å². The number of rotatable bonds is 4. The van der Waals surface area contributed by atoms with E-state index in [4.69, 9.17) is 9.84 Å². The third-order valence-electron chi connectivity index (χ3n) is 3.55. The highest BCUT2D eigenvalue weighted by Gasteiger charge is 2.19. The molecule has 1 N–H and O–H groups in total. The lowest BCUT2D eigenvalue weighted by molar-refractivity contribution is 0.0696. The zero-order chi connectivity index (χ0) is 13.8. The van der Waals surface area contributed by atoms with E-state index < -0.39 is 11.8 Å². The Morgan fingerprint density at radius 1 is 1.42 bits per heavy atom. The minimum atomic E-state index is -1.14. The normalized spacial score (nSPS) is 22.2. The zero-order valence-corrected chi connectivity index (χ0v) is 10.8. The number of hydrogen-bond acceptors (Lipinski definition) is 2. The number of allylic oxidation sites excluding steroid dienone is 2. The van der Waals surface area contributed by atoms with Gasteiger partial charge >= 0.3 is 5.97 Å². The number of ether oxygens (including phenoxy) is 1. The number of halogens is 1. The standard InChI is InChI=1S/C15H17FO3/c1-10-4-2-3-5-12(10)9-19-14-7-6-11(15(17)18)8-13(14)16/h2-3,6-8,10,12H,4-5,9H2,1H3,(H,17,18). The summed E-state index contributed by atoms with van der Waals surface area (Å²) in [5, 5.41) is 8.75. The van der Waals surface area contributed by atoms with Crippen LogP contribution in [0.25, 0.3) is 0 Å². The molecule has 19 heavy (non-hydrogen) atoms. The van der Waals surface area contributed by atoms with Crippen LogP contribution >= 0.6 is 0 Å². The topological polar surface area (TPSA) is 46.5 Å². The average Bonchev–Trinajstić information content (AvgIpc) is 2.39. The van der Waals surface area contributed by atoms with Crippen LogP contribution in [0.15, 0.2) is 30.4 Å². The largest absolute Gasteiger partial charge is 0.490 e. The van der Waals surface area contributed by atoms with Gasteiger partial charge in [0.1, 0.15) is 0 Å². The Morgan fingerprint density at radius 2 is 2.16 bits per heavy atom. The molecule has 2 rings (SSSR count). The lowest BCUT2D eigenvalue weighted by Gasteiger charge is -2.25. The fourth-order valence-electron chi connectivity index (χ4n) is 2.19.